The number of ether oxygens (including phenoxy) is 1. The van der Waals surface area contributed by atoms with Crippen molar-refractivity contribution in [1.82, 2.24) is 4.31 Å². The predicted molar refractivity (Wildman–Crippen MR) is 123 cm³/mol. The van der Waals surface area contributed by atoms with E-state index in [0.717, 1.165) is 21.0 Å². The summed E-state index contributed by atoms with van der Waals surface area (Å²) in [5, 5.41) is 9.50. The number of carboxylic acids is 1. The number of hydrogen-bond acceptors (Lipinski definition) is 4. The van der Waals surface area contributed by atoms with E-state index in [2.05, 4.69) is 0 Å². The van der Waals surface area contributed by atoms with Gasteiger partial charge in [0, 0.05) is 6.54 Å². The molecule has 7 heteroatoms. The Labute approximate surface area is 189 Å². The summed E-state index contributed by atoms with van der Waals surface area (Å²) in [5.41, 5.74) is 2.83. The van der Waals surface area contributed by atoms with Crippen molar-refractivity contribution in [2.75, 3.05) is 6.54 Å². The minimum atomic E-state index is -3.97. The van der Waals surface area contributed by atoms with Crippen LogP contribution in [0.4, 0.5) is 0 Å². The van der Waals surface area contributed by atoms with E-state index in [-0.39, 0.29) is 11.4 Å². The van der Waals surface area contributed by atoms with Crippen LogP contribution in [-0.2, 0) is 27.8 Å². The zero-order valence-corrected chi connectivity index (χ0v) is 19.0. The maximum atomic E-state index is 13.2. The van der Waals surface area contributed by atoms with Gasteiger partial charge in [0.1, 0.15) is 18.4 Å². The number of sulfonamides is 1. The third kappa shape index (κ3) is 5.96. The molecule has 0 bridgehead atoms. The molecular weight excluding hydrogens is 426 g/mol. The quantitative estimate of drug-likeness (QED) is 0.495. The number of aryl methyl sites for hydroxylation is 1. The van der Waals surface area contributed by atoms with Gasteiger partial charge in [-0.3, -0.25) is 4.79 Å². The molecule has 0 saturated heterocycles. The Balaban J connectivity index is 1.75. The highest BCUT2D eigenvalue weighted by Crippen LogP contribution is 2.21. The summed E-state index contributed by atoms with van der Waals surface area (Å²) in [5.74, 6) is -0.522. The predicted octanol–water partition coefficient (Wildman–Crippen LogP) is 4.28. The maximum Gasteiger partial charge on any atom is 0.321 e. The van der Waals surface area contributed by atoms with Crippen LogP contribution in [0.25, 0.3) is 0 Å². The van der Waals surface area contributed by atoms with Crippen molar-refractivity contribution >= 4 is 16.0 Å². The van der Waals surface area contributed by atoms with Gasteiger partial charge < -0.3 is 9.84 Å². The molecule has 0 unspecified atom stereocenters. The van der Waals surface area contributed by atoms with Crippen LogP contribution in [0.1, 0.15) is 23.6 Å². The topological polar surface area (TPSA) is 83.9 Å². The largest absolute Gasteiger partial charge is 0.489 e. The molecule has 0 radical (unpaired) electrons. The second-order valence-electron chi connectivity index (χ2n) is 7.61. The number of benzene rings is 3. The molecule has 0 aliphatic carbocycles. The van der Waals surface area contributed by atoms with E-state index in [1.807, 2.05) is 61.5 Å². The van der Waals surface area contributed by atoms with E-state index in [4.69, 9.17) is 4.74 Å². The number of rotatable bonds is 10. The third-order valence-electron chi connectivity index (χ3n) is 5.18. The van der Waals surface area contributed by atoms with Crippen LogP contribution in [0.15, 0.2) is 83.8 Å². The van der Waals surface area contributed by atoms with Crippen molar-refractivity contribution in [2.24, 2.45) is 0 Å². The van der Waals surface area contributed by atoms with Crippen molar-refractivity contribution in [2.45, 2.75) is 37.8 Å². The first-order chi connectivity index (χ1) is 15.3. The van der Waals surface area contributed by atoms with Crippen LogP contribution in [-0.4, -0.2) is 36.4 Å². The van der Waals surface area contributed by atoms with Gasteiger partial charge in [-0.15, -0.1) is 0 Å². The van der Waals surface area contributed by atoms with Gasteiger partial charge >= 0.3 is 5.97 Å². The molecule has 1 N–H and O–H groups in total. The first-order valence-electron chi connectivity index (χ1n) is 10.3. The zero-order valence-electron chi connectivity index (χ0n) is 18.1. The van der Waals surface area contributed by atoms with Crippen molar-refractivity contribution in [3.8, 4) is 5.75 Å². The zero-order chi connectivity index (χ0) is 23.1. The lowest BCUT2D eigenvalue weighted by Gasteiger charge is -2.26. The van der Waals surface area contributed by atoms with Gasteiger partial charge in [0.2, 0.25) is 10.0 Å². The highest BCUT2D eigenvalue weighted by Gasteiger charge is 2.32. The second-order valence-corrected chi connectivity index (χ2v) is 9.51. The molecule has 0 aliphatic heterocycles. The maximum absolute atomic E-state index is 13.2. The molecule has 3 aromatic rings. The van der Waals surface area contributed by atoms with Crippen LogP contribution in [0.3, 0.4) is 0 Å². The van der Waals surface area contributed by atoms with Gasteiger partial charge in [-0.2, -0.15) is 4.31 Å². The SMILES string of the molecule is Cc1ccc(S(=O)(=O)N(CCc2cccc(OCc3ccccc3)c2)[C@@H](C)C(=O)O)cc1. The summed E-state index contributed by atoms with van der Waals surface area (Å²) in [7, 11) is -3.97. The first kappa shape index (κ1) is 23.5. The van der Waals surface area contributed by atoms with Gasteiger partial charge in [-0.25, -0.2) is 8.42 Å². The van der Waals surface area contributed by atoms with E-state index < -0.39 is 22.0 Å². The normalized spacial score (nSPS) is 12.5. The molecule has 3 aromatic carbocycles. The molecule has 32 heavy (non-hydrogen) atoms. The van der Waals surface area contributed by atoms with Crippen molar-refractivity contribution in [3.63, 3.8) is 0 Å². The summed E-state index contributed by atoms with van der Waals surface area (Å²) >= 11 is 0. The molecule has 168 valence electrons. The Morgan fingerprint density at radius 1 is 0.969 bits per heavy atom. The lowest BCUT2D eigenvalue weighted by molar-refractivity contribution is -0.140. The summed E-state index contributed by atoms with van der Waals surface area (Å²) in [6, 6.07) is 22.4. The molecule has 3 rings (SSSR count). The minimum absolute atomic E-state index is 0.0335. The average Bonchev–Trinajstić information content (AvgIpc) is 2.79. The number of carboxylic acid groups (broad SMARTS) is 1. The number of nitrogens with zero attached hydrogens (tertiary/aromatic N) is 1. The van der Waals surface area contributed by atoms with Crippen LogP contribution >= 0.6 is 0 Å². The second kappa shape index (κ2) is 10.4. The average molecular weight is 454 g/mol. The highest BCUT2D eigenvalue weighted by atomic mass is 32.2. The molecule has 6 nitrogen and oxygen atoms in total. The Bertz CT molecular complexity index is 1140. The van der Waals surface area contributed by atoms with Gasteiger partial charge in [0.15, 0.2) is 0 Å². The summed E-state index contributed by atoms with van der Waals surface area (Å²) in [6.07, 6.45) is 0.352. The molecule has 1 atom stereocenters. The van der Waals surface area contributed by atoms with Crippen LogP contribution < -0.4 is 4.74 Å². The van der Waals surface area contributed by atoms with E-state index in [1.165, 1.54) is 19.1 Å². The fourth-order valence-electron chi connectivity index (χ4n) is 3.26. The molecule has 0 fully saturated rings. The molecule has 0 heterocycles. The number of aliphatic carboxylic acids is 1. The monoisotopic (exact) mass is 453 g/mol. The van der Waals surface area contributed by atoms with Gasteiger partial charge in [-0.05, 0) is 55.7 Å². The van der Waals surface area contributed by atoms with Gasteiger partial charge in [0.05, 0.1) is 4.90 Å². The molecular formula is C25H27NO5S. The highest BCUT2D eigenvalue weighted by molar-refractivity contribution is 7.89. The van der Waals surface area contributed by atoms with Crippen molar-refractivity contribution < 1.29 is 23.1 Å². The molecule has 0 aromatic heterocycles. The van der Waals surface area contributed by atoms with Crippen LogP contribution in [0.5, 0.6) is 5.75 Å². The van der Waals surface area contributed by atoms with Gasteiger partial charge in [-0.1, -0.05) is 60.2 Å². The molecule has 0 aliphatic rings. The van der Waals surface area contributed by atoms with E-state index in [9.17, 15) is 18.3 Å². The molecule has 0 saturated carbocycles. The lowest BCUT2D eigenvalue weighted by atomic mass is 10.1. The van der Waals surface area contributed by atoms with E-state index in [0.29, 0.717) is 18.8 Å². The fraction of sp³-hybridized carbons (Fsp3) is 0.240. The Kier molecular flexibility index (Phi) is 7.66. The Morgan fingerprint density at radius 2 is 1.62 bits per heavy atom. The minimum Gasteiger partial charge on any atom is -0.489 e. The Hall–Kier alpha value is -3.16. The third-order valence-corrected chi connectivity index (χ3v) is 7.17. The van der Waals surface area contributed by atoms with Crippen LogP contribution in [0.2, 0.25) is 0 Å². The standard InChI is InChI=1S/C25H27NO5S/c1-19-11-13-24(14-12-19)32(29,30)26(20(2)25(27)28)16-15-21-9-6-10-23(17-21)31-18-22-7-4-3-5-8-22/h3-14,17,20H,15-16,18H2,1-2H3,(H,27,28)/t20-/m0/s1. The van der Waals surface area contributed by atoms with Gasteiger partial charge in [0.25, 0.3) is 0 Å². The van der Waals surface area contributed by atoms with Crippen molar-refractivity contribution in [3.05, 3.63) is 95.6 Å². The fourth-order valence-corrected chi connectivity index (χ4v) is 4.85. The smallest absolute Gasteiger partial charge is 0.321 e. The Morgan fingerprint density at radius 3 is 2.28 bits per heavy atom. The number of carbonyl (C=O) groups is 1. The first-order valence-corrected chi connectivity index (χ1v) is 11.8. The summed E-state index contributed by atoms with van der Waals surface area (Å²) < 4.78 is 33.2. The lowest BCUT2D eigenvalue weighted by Crippen LogP contribution is -2.44. The van der Waals surface area contributed by atoms with Crippen LogP contribution in [0, 0.1) is 6.92 Å². The van der Waals surface area contributed by atoms with Crippen molar-refractivity contribution in [1.29, 1.82) is 0 Å². The molecule has 0 spiro atoms. The number of hydrogen-bond donors (Lipinski definition) is 1. The summed E-state index contributed by atoms with van der Waals surface area (Å²) in [4.78, 5) is 11.7. The molecule has 0 amide bonds. The summed E-state index contributed by atoms with van der Waals surface area (Å²) in [6.45, 7) is 3.70. The van der Waals surface area contributed by atoms with E-state index in [1.54, 1.807) is 12.1 Å². The van der Waals surface area contributed by atoms with E-state index >= 15 is 0 Å².